The van der Waals surface area contributed by atoms with Crippen LogP contribution in [0.3, 0.4) is 0 Å². The molecule has 4 nitrogen and oxygen atoms in total. The summed E-state index contributed by atoms with van der Waals surface area (Å²) in [5, 5.41) is 13.0. The number of benzene rings is 1. The predicted molar refractivity (Wildman–Crippen MR) is 80.9 cm³/mol. The summed E-state index contributed by atoms with van der Waals surface area (Å²) in [4.78, 5) is 14.0. The summed E-state index contributed by atoms with van der Waals surface area (Å²) in [6.07, 6.45) is 3.86. The fraction of sp³-hybridized carbons (Fsp3) is 0.562. The first-order valence-electron chi connectivity index (χ1n) is 7.28. The van der Waals surface area contributed by atoms with E-state index in [0.29, 0.717) is 19.4 Å². The van der Waals surface area contributed by atoms with Gasteiger partial charge < -0.3 is 15.3 Å². The third kappa shape index (κ3) is 3.51. The first-order chi connectivity index (χ1) is 9.51. The van der Waals surface area contributed by atoms with Crippen molar-refractivity contribution in [2.45, 2.75) is 37.7 Å². The number of rotatable bonds is 5. The first-order valence-corrected chi connectivity index (χ1v) is 7.28. The Balaban J connectivity index is 1.79. The summed E-state index contributed by atoms with van der Waals surface area (Å²) < 4.78 is 0. The molecule has 0 aromatic heterocycles. The molecule has 0 bridgehead atoms. The van der Waals surface area contributed by atoms with Gasteiger partial charge in [0.15, 0.2) is 0 Å². The zero-order valence-corrected chi connectivity index (χ0v) is 12.4. The summed E-state index contributed by atoms with van der Waals surface area (Å²) in [5.41, 5.74) is 1.24. The molecule has 1 aliphatic rings. The van der Waals surface area contributed by atoms with Gasteiger partial charge in [-0.25, -0.2) is 0 Å². The summed E-state index contributed by atoms with van der Waals surface area (Å²) in [6, 6.07) is 8.29. The minimum Gasteiger partial charge on any atom is -0.380 e. The van der Waals surface area contributed by atoms with Crippen LogP contribution in [-0.2, 0) is 11.2 Å². The van der Waals surface area contributed by atoms with Crippen LogP contribution in [0.25, 0.3) is 0 Å². The lowest BCUT2D eigenvalue weighted by Crippen LogP contribution is -2.45. The van der Waals surface area contributed by atoms with E-state index < -0.39 is 5.60 Å². The van der Waals surface area contributed by atoms with Crippen LogP contribution in [0.4, 0.5) is 5.69 Å². The molecule has 2 N–H and O–H groups in total. The standard InChI is InChI=1S/C16H24N2O2/c1-18(2)14-7-5-13(6-8-14)9-12-17-15(19)16(20)10-3-4-11-16/h5-8,20H,3-4,9-12H2,1-2H3,(H,17,19). The van der Waals surface area contributed by atoms with Crippen LogP contribution in [0.5, 0.6) is 0 Å². The molecule has 2 rings (SSSR count). The summed E-state index contributed by atoms with van der Waals surface area (Å²) in [7, 11) is 4.02. The van der Waals surface area contributed by atoms with E-state index in [0.717, 1.165) is 24.9 Å². The molecule has 1 aromatic rings. The molecular formula is C16H24N2O2. The van der Waals surface area contributed by atoms with Gasteiger partial charge in [-0.15, -0.1) is 0 Å². The second-order valence-corrected chi connectivity index (χ2v) is 5.81. The van der Waals surface area contributed by atoms with E-state index in [1.165, 1.54) is 5.56 Å². The van der Waals surface area contributed by atoms with Crippen molar-refractivity contribution in [3.63, 3.8) is 0 Å². The maximum Gasteiger partial charge on any atom is 0.251 e. The topological polar surface area (TPSA) is 52.6 Å². The van der Waals surface area contributed by atoms with E-state index in [2.05, 4.69) is 34.5 Å². The second-order valence-electron chi connectivity index (χ2n) is 5.81. The molecule has 1 amide bonds. The van der Waals surface area contributed by atoms with E-state index in [1.54, 1.807) is 0 Å². The van der Waals surface area contributed by atoms with Crippen LogP contribution >= 0.6 is 0 Å². The van der Waals surface area contributed by atoms with Crippen LogP contribution in [0.15, 0.2) is 24.3 Å². The number of carbonyl (C=O) groups excluding carboxylic acids is 1. The van der Waals surface area contributed by atoms with Gasteiger partial charge in [-0.1, -0.05) is 12.1 Å². The Morgan fingerprint density at radius 1 is 1.25 bits per heavy atom. The van der Waals surface area contributed by atoms with E-state index >= 15 is 0 Å². The number of anilines is 1. The quantitative estimate of drug-likeness (QED) is 0.861. The molecule has 110 valence electrons. The van der Waals surface area contributed by atoms with Gasteiger partial charge in [-0.2, -0.15) is 0 Å². The van der Waals surface area contributed by atoms with Crippen molar-refractivity contribution < 1.29 is 9.90 Å². The van der Waals surface area contributed by atoms with Gasteiger partial charge in [0.2, 0.25) is 0 Å². The molecule has 1 aliphatic carbocycles. The highest BCUT2D eigenvalue weighted by Gasteiger charge is 2.38. The minimum atomic E-state index is -1.12. The third-order valence-corrected chi connectivity index (χ3v) is 4.01. The summed E-state index contributed by atoms with van der Waals surface area (Å²) in [5.74, 6) is -0.208. The molecular weight excluding hydrogens is 252 g/mol. The lowest BCUT2D eigenvalue weighted by atomic mass is 10.0. The van der Waals surface area contributed by atoms with Gasteiger partial charge in [0.1, 0.15) is 5.60 Å². The molecule has 0 saturated heterocycles. The lowest BCUT2D eigenvalue weighted by Gasteiger charge is -2.20. The SMILES string of the molecule is CN(C)c1ccc(CCNC(=O)C2(O)CCCC2)cc1. The highest BCUT2D eigenvalue weighted by molar-refractivity contribution is 5.85. The largest absolute Gasteiger partial charge is 0.380 e. The Morgan fingerprint density at radius 2 is 1.85 bits per heavy atom. The second kappa shape index (κ2) is 6.27. The van der Waals surface area contributed by atoms with Crippen LogP contribution in [0.1, 0.15) is 31.2 Å². The number of aliphatic hydroxyl groups is 1. The van der Waals surface area contributed by atoms with Crippen LogP contribution in [-0.4, -0.2) is 37.3 Å². The molecule has 4 heteroatoms. The molecule has 0 unspecified atom stereocenters. The average molecular weight is 276 g/mol. The van der Waals surface area contributed by atoms with Crippen molar-refractivity contribution >= 4 is 11.6 Å². The molecule has 1 fully saturated rings. The highest BCUT2D eigenvalue weighted by Crippen LogP contribution is 2.29. The van der Waals surface area contributed by atoms with Crippen molar-refractivity contribution in [3.05, 3.63) is 29.8 Å². The average Bonchev–Trinajstić information content (AvgIpc) is 2.87. The predicted octanol–water partition coefficient (Wildman–Crippen LogP) is 1.72. The van der Waals surface area contributed by atoms with Crippen molar-refractivity contribution in [1.82, 2.24) is 5.32 Å². The number of hydrogen-bond acceptors (Lipinski definition) is 3. The molecule has 0 spiro atoms. The third-order valence-electron chi connectivity index (χ3n) is 4.01. The Morgan fingerprint density at radius 3 is 2.40 bits per heavy atom. The summed E-state index contributed by atoms with van der Waals surface area (Å²) >= 11 is 0. The van der Waals surface area contributed by atoms with Gasteiger partial charge in [0.05, 0.1) is 0 Å². The monoisotopic (exact) mass is 276 g/mol. The number of carbonyl (C=O) groups is 1. The van der Waals surface area contributed by atoms with Crippen LogP contribution in [0, 0.1) is 0 Å². The highest BCUT2D eigenvalue weighted by atomic mass is 16.3. The fourth-order valence-corrected chi connectivity index (χ4v) is 2.63. The molecule has 0 aliphatic heterocycles. The maximum absolute atomic E-state index is 11.9. The lowest BCUT2D eigenvalue weighted by molar-refractivity contribution is -0.139. The van der Waals surface area contributed by atoms with Crippen LogP contribution < -0.4 is 10.2 Å². The number of hydrogen-bond donors (Lipinski definition) is 2. The van der Waals surface area contributed by atoms with Gasteiger partial charge in [0.25, 0.3) is 5.91 Å². The number of nitrogens with zero attached hydrogens (tertiary/aromatic N) is 1. The van der Waals surface area contributed by atoms with E-state index in [1.807, 2.05) is 14.1 Å². The fourth-order valence-electron chi connectivity index (χ4n) is 2.63. The van der Waals surface area contributed by atoms with E-state index in [9.17, 15) is 9.90 Å². The smallest absolute Gasteiger partial charge is 0.251 e. The van der Waals surface area contributed by atoms with Crippen molar-refractivity contribution in [3.8, 4) is 0 Å². The van der Waals surface area contributed by atoms with Crippen molar-refractivity contribution in [2.75, 3.05) is 25.5 Å². The van der Waals surface area contributed by atoms with E-state index in [-0.39, 0.29) is 5.91 Å². The zero-order valence-electron chi connectivity index (χ0n) is 12.4. The molecule has 20 heavy (non-hydrogen) atoms. The van der Waals surface area contributed by atoms with Gasteiger partial charge >= 0.3 is 0 Å². The minimum absolute atomic E-state index is 0.208. The van der Waals surface area contributed by atoms with Crippen LogP contribution in [0.2, 0.25) is 0 Å². The zero-order chi connectivity index (χ0) is 14.6. The Hall–Kier alpha value is -1.55. The first kappa shape index (κ1) is 14.9. The van der Waals surface area contributed by atoms with E-state index in [4.69, 9.17) is 0 Å². The van der Waals surface area contributed by atoms with Crippen molar-refractivity contribution in [1.29, 1.82) is 0 Å². The normalized spacial score (nSPS) is 16.9. The number of nitrogens with one attached hydrogen (secondary N) is 1. The molecule has 1 aromatic carbocycles. The molecule has 0 heterocycles. The Labute approximate surface area is 120 Å². The number of amides is 1. The maximum atomic E-state index is 11.9. The van der Waals surface area contributed by atoms with Gasteiger partial charge in [-0.05, 0) is 49.8 Å². The Bertz CT molecular complexity index is 448. The molecule has 1 saturated carbocycles. The molecule has 0 atom stereocenters. The Kier molecular flexibility index (Phi) is 4.65. The van der Waals surface area contributed by atoms with Crippen molar-refractivity contribution in [2.24, 2.45) is 0 Å². The summed E-state index contributed by atoms with van der Waals surface area (Å²) in [6.45, 7) is 0.572. The van der Waals surface area contributed by atoms with Gasteiger partial charge in [0, 0.05) is 26.3 Å². The molecule has 0 radical (unpaired) electrons. The van der Waals surface area contributed by atoms with Gasteiger partial charge in [-0.3, -0.25) is 4.79 Å².